The molecular formula is C15H16N4O. The monoisotopic (exact) mass is 268 g/mol. The molecule has 20 heavy (non-hydrogen) atoms. The van der Waals surface area contributed by atoms with Gasteiger partial charge in [-0.2, -0.15) is 0 Å². The molecule has 0 saturated heterocycles. The summed E-state index contributed by atoms with van der Waals surface area (Å²) < 4.78 is 0. The molecular weight excluding hydrogens is 252 g/mol. The molecule has 3 aromatic rings. The van der Waals surface area contributed by atoms with Crippen LogP contribution < -0.4 is 16.7 Å². The predicted octanol–water partition coefficient (Wildman–Crippen LogP) is 2.36. The molecule has 1 heterocycles. The van der Waals surface area contributed by atoms with Gasteiger partial charge in [0.1, 0.15) is 0 Å². The average Bonchev–Trinajstić information content (AvgIpc) is 2.77. The topological polar surface area (TPSA) is 86.7 Å². The Morgan fingerprint density at radius 1 is 1.10 bits per heavy atom. The summed E-state index contributed by atoms with van der Waals surface area (Å²) in [6.07, 6.45) is 0. The van der Waals surface area contributed by atoms with Gasteiger partial charge in [0.15, 0.2) is 0 Å². The van der Waals surface area contributed by atoms with Crippen LogP contribution in [0.25, 0.3) is 11.0 Å². The van der Waals surface area contributed by atoms with E-state index in [9.17, 15) is 4.79 Å². The molecule has 0 fully saturated rings. The highest BCUT2D eigenvalue weighted by Crippen LogP contribution is 2.20. The number of hydrogen-bond acceptors (Lipinski definition) is 3. The van der Waals surface area contributed by atoms with Crippen molar-refractivity contribution < 1.29 is 0 Å². The number of fused-ring (bicyclic) bond motifs is 1. The largest absolute Gasteiger partial charge is 0.397 e. The molecule has 0 aliphatic heterocycles. The van der Waals surface area contributed by atoms with Crippen molar-refractivity contribution in [3.8, 4) is 0 Å². The van der Waals surface area contributed by atoms with Gasteiger partial charge in [-0.25, -0.2) is 4.79 Å². The number of nitrogens with two attached hydrogens (primary N) is 1. The molecule has 5 N–H and O–H groups in total. The van der Waals surface area contributed by atoms with Gasteiger partial charge in [0.05, 0.1) is 22.4 Å². The van der Waals surface area contributed by atoms with Crippen molar-refractivity contribution in [2.24, 2.45) is 0 Å². The minimum absolute atomic E-state index is 0.187. The first-order valence-electron chi connectivity index (χ1n) is 6.43. The zero-order valence-electron chi connectivity index (χ0n) is 11.2. The Hall–Kier alpha value is -2.69. The zero-order valence-corrected chi connectivity index (χ0v) is 11.2. The summed E-state index contributed by atoms with van der Waals surface area (Å²) in [4.78, 5) is 16.7. The summed E-state index contributed by atoms with van der Waals surface area (Å²) in [5.74, 6) is 0. The molecule has 0 saturated carbocycles. The van der Waals surface area contributed by atoms with Gasteiger partial charge in [0.25, 0.3) is 0 Å². The summed E-state index contributed by atoms with van der Waals surface area (Å²) >= 11 is 0. The minimum atomic E-state index is -0.187. The molecule has 3 rings (SSSR count). The van der Waals surface area contributed by atoms with E-state index >= 15 is 0 Å². The lowest BCUT2D eigenvalue weighted by molar-refractivity contribution is 1.15. The van der Waals surface area contributed by atoms with Crippen LogP contribution in [0.2, 0.25) is 0 Å². The van der Waals surface area contributed by atoms with Gasteiger partial charge in [0.2, 0.25) is 0 Å². The van der Waals surface area contributed by atoms with Crippen LogP contribution in [-0.2, 0) is 6.54 Å². The number of rotatable bonds is 3. The normalized spacial score (nSPS) is 10.8. The molecule has 0 unspecified atom stereocenters. The van der Waals surface area contributed by atoms with E-state index in [1.807, 2.05) is 43.3 Å². The van der Waals surface area contributed by atoms with Gasteiger partial charge in [-0.15, -0.1) is 0 Å². The molecule has 5 nitrogen and oxygen atoms in total. The number of imidazole rings is 1. The third-order valence-electron chi connectivity index (χ3n) is 3.27. The maximum absolute atomic E-state index is 11.2. The highest BCUT2D eigenvalue weighted by atomic mass is 16.1. The van der Waals surface area contributed by atoms with Crippen LogP contribution in [0, 0.1) is 6.92 Å². The number of hydrogen-bond donors (Lipinski definition) is 4. The Morgan fingerprint density at radius 3 is 2.70 bits per heavy atom. The van der Waals surface area contributed by atoms with E-state index in [4.69, 9.17) is 5.73 Å². The van der Waals surface area contributed by atoms with Gasteiger partial charge in [-0.3, -0.25) is 0 Å². The number of anilines is 2. The first-order chi connectivity index (χ1) is 9.61. The van der Waals surface area contributed by atoms with Crippen molar-refractivity contribution in [1.29, 1.82) is 0 Å². The Labute approximate surface area is 115 Å². The SMILES string of the molecule is Cc1ccc(NCc2ccc3[nH]c(=O)[nH]c3c2)c(N)c1. The highest BCUT2D eigenvalue weighted by molar-refractivity contribution is 5.75. The number of aromatic nitrogens is 2. The van der Waals surface area contributed by atoms with Crippen molar-refractivity contribution >= 4 is 22.4 Å². The minimum Gasteiger partial charge on any atom is -0.397 e. The molecule has 0 atom stereocenters. The van der Waals surface area contributed by atoms with Crippen LogP contribution in [0.1, 0.15) is 11.1 Å². The van der Waals surface area contributed by atoms with Crippen LogP contribution >= 0.6 is 0 Å². The van der Waals surface area contributed by atoms with E-state index in [2.05, 4.69) is 15.3 Å². The zero-order chi connectivity index (χ0) is 14.1. The van der Waals surface area contributed by atoms with E-state index in [0.717, 1.165) is 33.5 Å². The van der Waals surface area contributed by atoms with Crippen molar-refractivity contribution in [2.45, 2.75) is 13.5 Å². The second-order valence-electron chi connectivity index (χ2n) is 4.90. The van der Waals surface area contributed by atoms with Crippen LogP contribution in [0.5, 0.6) is 0 Å². The smallest absolute Gasteiger partial charge is 0.323 e. The number of aryl methyl sites for hydroxylation is 1. The third-order valence-corrected chi connectivity index (χ3v) is 3.27. The fourth-order valence-corrected chi connectivity index (χ4v) is 2.23. The lowest BCUT2D eigenvalue weighted by atomic mass is 10.1. The number of aromatic amines is 2. The molecule has 5 heteroatoms. The Kier molecular flexibility index (Phi) is 2.95. The van der Waals surface area contributed by atoms with Crippen LogP contribution in [0.3, 0.4) is 0 Å². The fraction of sp³-hybridized carbons (Fsp3) is 0.133. The molecule has 0 aliphatic rings. The summed E-state index contributed by atoms with van der Waals surface area (Å²) in [6.45, 7) is 2.66. The summed E-state index contributed by atoms with van der Waals surface area (Å²) in [7, 11) is 0. The molecule has 0 bridgehead atoms. The van der Waals surface area contributed by atoms with Gasteiger partial charge < -0.3 is 21.0 Å². The summed E-state index contributed by atoms with van der Waals surface area (Å²) in [5, 5.41) is 3.30. The standard InChI is InChI=1S/C15H16N4O/c1-9-2-4-12(11(16)6-9)17-8-10-3-5-13-14(7-10)19-15(20)18-13/h2-7,17H,8,16H2,1H3,(H2,18,19,20). The quantitative estimate of drug-likeness (QED) is 0.550. The fourth-order valence-electron chi connectivity index (χ4n) is 2.23. The first kappa shape index (κ1) is 12.3. The van der Waals surface area contributed by atoms with E-state index < -0.39 is 0 Å². The molecule has 0 amide bonds. The lowest BCUT2D eigenvalue weighted by Gasteiger charge is -2.10. The van der Waals surface area contributed by atoms with Gasteiger partial charge >= 0.3 is 5.69 Å². The van der Waals surface area contributed by atoms with Gasteiger partial charge in [-0.1, -0.05) is 12.1 Å². The number of benzene rings is 2. The van der Waals surface area contributed by atoms with Crippen LogP contribution in [-0.4, -0.2) is 9.97 Å². The Balaban J connectivity index is 1.80. The second-order valence-corrected chi connectivity index (χ2v) is 4.90. The van der Waals surface area contributed by atoms with E-state index in [-0.39, 0.29) is 5.69 Å². The van der Waals surface area contributed by atoms with Crippen molar-refractivity contribution in [3.05, 3.63) is 58.0 Å². The molecule has 2 aromatic carbocycles. The highest BCUT2D eigenvalue weighted by Gasteiger charge is 2.02. The van der Waals surface area contributed by atoms with E-state index in [0.29, 0.717) is 6.54 Å². The van der Waals surface area contributed by atoms with E-state index in [1.54, 1.807) is 0 Å². The van der Waals surface area contributed by atoms with Crippen molar-refractivity contribution in [2.75, 3.05) is 11.1 Å². The molecule has 0 radical (unpaired) electrons. The summed E-state index contributed by atoms with van der Waals surface area (Å²) in [6, 6.07) is 11.7. The number of nitrogen functional groups attached to an aromatic ring is 1. The molecule has 0 spiro atoms. The lowest BCUT2D eigenvalue weighted by Crippen LogP contribution is -2.02. The molecule has 102 valence electrons. The maximum atomic E-state index is 11.2. The number of nitrogens with one attached hydrogen (secondary N) is 3. The second kappa shape index (κ2) is 4.77. The average molecular weight is 268 g/mol. The van der Waals surface area contributed by atoms with Gasteiger partial charge in [-0.05, 0) is 42.3 Å². The predicted molar refractivity (Wildman–Crippen MR) is 81.8 cm³/mol. The first-order valence-corrected chi connectivity index (χ1v) is 6.43. The third kappa shape index (κ3) is 2.38. The Bertz CT molecular complexity index is 816. The van der Waals surface area contributed by atoms with Crippen LogP contribution in [0.15, 0.2) is 41.2 Å². The number of H-pyrrole nitrogens is 2. The summed E-state index contributed by atoms with van der Waals surface area (Å²) in [5.41, 5.74) is 11.3. The van der Waals surface area contributed by atoms with Crippen molar-refractivity contribution in [3.63, 3.8) is 0 Å². The van der Waals surface area contributed by atoms with Crippen molar-refractivity contribution in [1.82, 2.24) is 9.97 Å². The van der Waals surface area contributed by atoms with Gasteiger partial charge in [0, 0.05) is 6.54 Å². The maximum Gasteiger partial charge on any atom is 0.323 e. The van der Waals surface area contributed by atoms with Crippen LogP contribution in [0.4, 0.5) is 11.4 Å². The Morgan fingerprint density at radius 2 is 1.90 bits per heavy atom. The van der Waals surface area contributed by atoms with E-state index in [1.165, 1.54) is 0 Å². The molecule has 0 aliphatic carbocycles. The molecule has 1 aromatic heterocycles.